The first-order chi connectivity index (χ1) is 17.0. The zero-order valence-corrected chi connectivity index (χ0v) is 19.4. The first kappa shape index (κ1) is 23.7. The molecule has 35 heavy (non-hydrogen) atoms. The van der Waals surface area contributed by atoms with Crippen LogP contribution >= 0.6 is 0 Å². The molecule has 0 unspecified atom stereocenters. The molecule has 0 aliphatic rings. The van der Waals surface area contributed by atoms with Gasteiger partial charge < -0.3 is 15.4 Å². The number of carbonyl (C=O) groups is 1. The molecule has 3 aromatic carbocycles. The van der Waals surface area contributed by atoms with Crippen LogP contribution in [-0.4, -0.2) is 22.2 Å². The number of amides is 1. The molecule has 0 spiro atoms. The average Bonchev–Trinajstić information content (AvgIpc) is 2.87. The molecule has 1 heterocycles. The van der Waals surface area contributed by atoms with Crippen LogP contribution in [0.2, 0.25) is 0 Å². The first-order valence-electron chi connectivity index (χ1n) is 11.2. The minimum atomic E-state index is -0.573. The summed E-state index contributed by atoms with van der Waals surface area (Å²) in [6, 6.07) is 20.0. The smallest absolute Gasteiger partial charge is 0.299 e. The summed E-state index contributed by atoms with van der Waals surface area (Å²) in [5.74, 6) is -0.789. The zero-order valence-electron chi connectivity index (χ0n) is 19.4. The number of benzene rings is 3. The monoisotopic (exact) mass is 472 g/mol. The lowest BCUT2D eigenvalue weighted by Crippen LogP contribution is -2.25. The number of anilines is 2. The number of ether oxygens (including phenoxy) is 1. The average molecular weight is 473 g/mol. The van der Waals surface area contributed by atoms with Crippen LogP contribution in [0, 0.1) is 12.7 Å². The molecule has 0 saturated heterocycles. The van der Waals surface area contributed by atoms with Crippen molar-refractivity contribution in [3.8, 4) is 17.2 Å². The molecule has 7 nitrogen and oxygen atoms in total. The highest BCUT2D eigenvalue weighted by Gasteiger charge is 2.17. The maximum Gasteiger partial charge on any atom is 0.299 e. The van der Waals surface area contributed by atoms with Crippen LogP contribution in [0.1, 0.15) is 29.3 Å². The molecule has 1 aromatic heterocycles. The molecule has 4 rings (SSSR count). The molecule has 8 heteroatoms. The number of halogens is 1. The predicted octanol–water partition coefficient (Wildman–Crippen LogP) is 5.36. The Morgan fingerprint density at radius 3 is 2.54 bits per heavy atom. The van der Waals surface area contributed by atoms with Gasteiger partial charge in [0.2, 0.25) is 0 Å². The molecule has 4 aromatic rings. The fourth-order valence-electron chi connectivity index (χ4n) is 3.37. The molecule has 0 aliphatic heterocycles. The van der Waals surface area contributed by atoms with Gasteiger partial charge in [-0.05, 0) is 55.8 Å². The topological polar surface area (TPSA) is 85.2 Å². The van der Waals surface area contributed by atoms with E-state index < -0.39 is 11.4 Å². The molecular formula is C27H25FN4O3. The lowest BCUT2D eigenvalue weighted by molar-refractivity contribution is 0.0953. The molecule has 0 aliphatic carbocycles. The number of hydrogen-bond acceptors (Lipinski definition) is 5. The molecule has 0 fully saturated rings. The van der Waals surface area contributed by atoms with Crippen molar-refractivity contribution in [2.24, 2.45) is 0 Å². The van der Waals surface area contributed by atoms with E-state index in [1.54, 1.807) is 48.5 Å². The zero-order chi connectivity index (χ0) is 24.8. The van der Waals surface area contributed by atoms with Gasteiger partial charge >= 0.3 is 0 Å². The molecule has 0 atom stereocenters. The maximum atomic E-state index is 14.3. The van der Waals surface area contributed by atoms with Gasteiger partial charge in [-0.15, -0.1) is 0 Å². The molecule has 1 amide bonds. The minimum absolute atomic E-state index is 0.0440. The number of aryl methyl sites for hydroxylation is 1. The third kappa shape index (κ3) is 5.55. The Morgan fingerprint density at radius 1 is 1.03 bits per heavy atom. The fraction of sp³-hybridized carbons (Fsp3) is 0.148. The van der Waals surface area contributed by atoms with E-state index in [4.69, 9.17) is 4.74 Å². The Bertz CT molecular complexity index is 1400. The Morgan fingerprint density at radius 2 is 1.80 bits per heavy atom. The van der Waals surface area contributed by atoms with Crippen LogP contribution < -0.4 is 20.9 Å². The highest BCUT2D eigenvalue weighted by molar-refractivity contribution is 5.95. The van der Waals surface area contributed by atoms with Crippen molar-refractivity contribution < 1.29 is 13.9 Å². The van der Waals surface area contributed by atoms with Gasteiger partial charge in [0.05, 0.1) is 11.9 Å². The van der Waals surface area contributed by atoms with E-state index >= 15 is 0 Å². The highest BCUT2D eigenvalue weighted by atomic mass is 19.1. The van der Waals surface area contributed by atoms with E-state index in [1.165, 1.54) is 23.0 Å². The number of carbonyl (C=O) groups excluding carboxylic acids is 1. The minimum Gasteiger partial charge on any atom is -0.450 e. The van der Waals surface area contributed by atoms with Crippen LogP contribution in [0.3, 0.4) is 0 Å². The van der Waals surface area contributed by atoms with Gasteiger partial charge in [-0.3, -0.25) is 9.59 Å². The van der Waals surface area contributed by atoms with E-state index in [0.717, 1.165) is 12.0 Å². The van der Waals surface area contributed by atoms with Crippen LogP contribution in [-0.2, 0) is 0 Å². The van der Waals surface area contributed by atoms with Crippen LogP contribution in [0.15, 0.2) is 83.8 Å². The van der Waals surface area contributed by atoms with Crippen LogP contribution in [0.4, 0.5) is 15.8 Å². The molecule has 178 valence electrons. The Kier molecular flexibility index (Phi) is 7.21. The Hall–Kier alpha value is -4.46. The van der Waals surface area contributed by atoms with Gasteiger partial charge in [-0.1, -0.05) is 42.8 Å². The van der Waals surface area contributed by atoms with Gasteiger partial charge in [-0.2, -0.15) is 9.78 Å². The molecular weight excluding hydrogens is 447 g/mol. The Labute approximate surface area is 202 Å². The van der Waals surface area contributed by atoms with Crippen molar-refractivity contribution in [2.75, 3.05) is 11.9 Å². The number of aromatic nitrogens is 2. The largest absolute Gasteiger partial charge is 0.450 e. The number of nitrogens with zero attached hydrogens (tertiary/aromatic N) is 2. The lowest BCUT2D eigenvalue weighted by Gasteiger charge is -2.15. The normalized spacial score (nSPS) is 10.6. The second-order valence-electron chi connectivity index (χ2n) is 7.93. The maximum absolute atomic E-state index is 14.3. The predicted molar refractivity (Wildman–Crippen MR) is 133 cm³/mol. The molecule has 2 N–H and O–H groups in total. The summed E-state index contributed by atoms with van der Waals surface area (Å²) in [6.07, 6.45) is 2.17. The second-order valence-corrected chi connectivity index (χ2v) is 7.93. The fourth-order valence-corrected chi connectivity index (χ4v) is 3.37. The van der Waals surface area contributed by atoms with Crippen LogP contribution in [0.5, 0.6) is 11.5 Å². The van der Waals surface area contributed by atoms with Crippen molar-refractivity contribution in [3.63, 3.8) is 0 Å². The highest BCUT2D eigenvalue weighted by Crippen LogP contribution is 2.30. The standard InChI is InChI=1S/C27H25FN4O3/c1-3-15-29-26(33)19-7-6-8-20(16-19)31-25-24(35-23-10-5-4-9-22(23)28)17-30-32(27(25)34)21-13-11-18(2)12-14-21/h4-14,16-17,31H,3,15H2,1-2H3,(H,29,33). The van der Waals surface area contributed by atoms with E-state index in [0.29, 0.717) is 23.5 Å². The first-order valence-corrected chi connectivity index (χ1v) is 11.2. The molecule has 0 radical (unpaired) electrons. The second kappa shape index (κ2) is 10.6. The van der Waals surface area contributed by atoms with Gasteiger partial charge in [0.15, 0.2) is 23.0 Å². The van der Waals surface area contributed by atoms with Crippen LogP contribution in [0.25, 0.3) is 5.69 Å². The van der Waals surface area contributed by atoms with Gasteiger partial charge in [0.25, 0.3) is 11.5 Å². The summed E-state index contributed by atoms with van der Waals surface area (Å²) in [4.78, 5) is 25.9. The lowest BCUT2D eigenvalue weighted by atomic mass is 10.2. The summed E-state index contributed by atoms with van der Waals surface area (Å²) in [5, 5.41) is 10.1. The third-order valence-electron chi connectivity index (χ3n) is 5.21. The van der Waals surface area contributed by atoms with E-state index in [9.17, 15) is 14.0 Å². The van der Waals surface area contributed by atoms with Gasteiger partial charge in [0.1, 0.15) is 0 Å². The van der Waals surface area contributed by atoms with Crippen molar-refractivity contribution in [1.82, 2.24) is 15.1 Å². The number of rotatable bonds is 8. The third-order valence-corrected chi connectivity index (χ3v) is 5.21. The summed E-state index contributed by atoms with van der Waals surface area (Å²) in [5.41, 5.74) is 2.09. The van der Waals surface area contributed by atoms with Crippen molar-refractivity contribution in [2.45, 2.75) is 20.3 Å². The van der Waals surface area contributed by atoms with E-state index in [2.05, 4.69) is 15.7 Å². The van der Waals surface area contributed by atoms with Crippen molar-refractivity contribution in [3.05, 3.63) is 106 Å². The quantitative estimate of drug-likeness (QED) is 0.361. The summed E-state index contributed by atoms with van der Waals surface area (Å²) in [6.45, 7) is 4.47. The SMILES string of the molecule is CCCNC(=O)c1cccc(Nc2c(Oc3ccccc3F)cnn(-c3ccc(C)cc3)c2=O)c1. The van der Waals surface area contributed by atoms with Gasteiger partial charge in [0, 0.05) is 17.8 Å². The number of para-hydroxylation sites is 1. The van der Waals surface area contributed by atoms with E-state index in [-0.39, 0.29) is 23.1 Å². The molecule has 0 saturated carbocycles. The summed E-state index contributed by atoms with van der Waals surface area (Å²) < 4.78 is 21.2. The number of nitrogens with one attached hydrogen (secondary N) is 2. The summed E-state index contributed by atoms with van der Waals surface area (Å²) in [7, 11) is 0. The van der Waals surface area contributed by atoms with Gasteiger partial charge in [-0.25, -0.2) is 4.39 Å². The summed E-state index contributed by atoms with van der Waals surface area (Å²) >= 11 is 0. The number of hydrogen-bond donors (Lipinski definition) is 2. The van der Waals surface area contributed by atoms with E-state index in [1.807, 2.05) is 26.0 Å². The van der Waals surface area contributed by atoms with Crippen molar-refractivity contribution >= 4 is 17.3 Å². The van der Waals surface area contributed by atoms with Crippen molar-refractivity contribution in [1.29, 1.82) is 0 Å². The Balaban J connectivity index is 1.76. The molecule has 0 bridgehead atoms.